The number of rotatable bonds is 6. The molecule has 1 saturated heterocycles. The van der Waals surface area contributed by atoms with Crippen molar-refractivity contribution in [2.24, 2.45) is 0 Å². The minimum atomic E-state index is -0.195. The number of halogens is 1. The summed E-state index contributed by atoms with van der Waals surface area (Å²) in [5.41, 5.74) is 3.00. The molecule has 0 aromatic heterocycles. The van der Waals surface area contributed by atoms with E-state index in [1.165, 1.54) is 17.7 Å². The average Bonchev–Trinajstić information content (AvgIpc) is 2.68. The van der Waals surface area contributed by atoms with Crippen molar-refractivity contribution >= 4 is 11.6 Å². The van der Waals surface area contributed by atoms with Gasteiger partial charge in [-0.2, -0.15) is 0 Å². The third-order valence-electron chi connectivity index (χ3n) is 4.72. The number of carbonyl (C=O) groups excluding carboxylic acids is 1. The number of anilines is 1. The van der Waals surface area contributed by atoms with Gasteiger partial charge in [-0.25, -0.2) is 4.39 Å². The molecule has 2 aromatic rings. The molecule has 2 aromatic carbocycles. The van der Waals surface area contributed by atoms with Crippen LogP contribution in [0.3, 0.4) is 0 Å². The van der Waals surface area contributed by atoms with Crippen LogP contribution in [0.2, 0.25) is 0 Å². The highest BCUT2D eigenvalue weighted by Gasteiger charge is 2.17. The molecule has 0 bridgehead atoms. The number of amides is 1. The van der Waals surface area contributed by atoms with Crippen LogP contribution in [-0.2, 0) is 6.54 Å². The Morgan fingerprint density at radius 3 is 2.27 bits per heavy atom. The van der Waals surface area contributed by atoms with Gasteiger partial charge in [0.05, 0.1) is 0 Å². The van der Waals surface area contributed by atoms with Crippen LogP contribution < -0.4 is 10.2 Å². The van der Waals surface area contributed by atoms with Crippen molar-refractivity contribution < 1.29 is 9.18 Å². The topological polar surface area (TPSA) is 35.6 Å². The predicted octanol–water partition coefficient (Wildman–Crippen LogP) is 3.29. The second kappa shape index (κ2) is 8.81. The molecule has 1 heterocycles. The summed E-state index contributed by atoms with van der Waals surface area (Å²) in [6.45, 7) is 7.44. The maximum Gasteiger partial charge on any atom is 0.251 e. The molecule has 0 unspecified atom stereocenters. The number of nitrogens with zero attached hydrogens (tertiary/aromatic N) is 2. The summed E-state index contributed by atoms with van der Waals surface area (Å²) in [6.07, 6.45) is 0.938. The number of benzene rings is 2. The standard InChI is InChI=1S/C21H26FN3O/c1-2-11-23-21(26)18-5-3-17(4-6-18)16-24-12-14-25(15-13-24)20-9-7-19(22)8-10-20/h3-10H,2,11-16H2,1H3,(H,23,26). The van der Waals surface area contributed by atoms with Crippen LogP contribution in [0.25, 0.3) is 0 Å². The summed E-state index contributed by atoms with van der Waals surface area (Å²) in [6, 6.07) is 14.6. The summed E-state index contributed by atoms with van der Waals surface area (Å²) >= 11 is 0. The largest absolute Gasteiger partial charge is 0.369 e. The van der Waals surface area contributed by atoms with Crippen molar-refractivity contribution in [2.75, 3.05) is 37.6 Å². The molecule has 0 atom stereocenters. The SMILES string of the molecule is CCCNC(=O)c1ccc(CN2CCN(c3ccc(F)cc3)CC2)cc1. The normalized spacial score (nSPS) is 15.1. The van der Waals surface area contributed by atoms with Gasteiger partial charge in [0.2, 0.25) is 0 Å². The van der Waals surface area contributed by atoms with E-state index in [1.807, 2.05) is 43.3 Å². The smallest absolute Gasteiger partial charge is 0.251 e. The second-order valence-electron chi connectivity index (χ2n) is 6.69. The minimum absolute atomic E-state index is 0.00804. The maximum atomic E-state index is 13.0. The molecular weight excluding hydrogens is 329 g/mol. The molecule has 1 amide bonds. The highest BCUT2D eigenvalue weighted by molar-refractivity contribution is 5.94. The fourth-order valence-electron chi connectivity index (χ4n) is 3.18. The first kappa shape index (κ1) is 18.4. The van der Waals surface area contributed by atoms with Crippen molar-refractivity contribution in [1.82, 2.24) is 10.2 Å². The van der Waals surface area contributed by atoms with Gasteiger partial charge < -0.3 is 10.2 Å². The number of hydrogen-bond acceptors (Lipinski definition) is 3. The Labute approximate surface area is 154 Å². The molecule has 1 aliphatic rings. The van der Waals surface area contributed by atoms with E-state index in [9.17, 15) is 9.18 Å². The Morgan fingerprint density at radius 1 is 1.00 bits per heavy atom. The van der Waals surface area contributed by atoms with Gasteiger partial charge in [0.15, 0.2) is 0 Å². The van der Waals surface area contributed by atoms with E-state index in [1.54, 1.807) is 0 Å². The van der Waals surface area contributed by atoms with Gasteiger partial charge in [0.1, 0.15) is 5.82 Å². The molecule has 1 fully saturated rings. The van der Waals surface area contributed by atoms with E-state index in [0.717, 1.165) is 44.8 Å². The van der Waals surface area contributed by atoms with Crippen molar-refractivity contribution in [3.63, 3.8) is 0 Å². The van der Waals surface area contributed by atoms with E-state index in [2.05, 4.69) is 15.1 Å². The van der Waals surface area contributed by atoms with Gasteiger partial charge >= 0.3 is 0 Å². The van der Waals surface area contributed by atoms with Crippen molar-refractivity contribution in [3.05, 3.63) is 65.5 Å². The quantitative estimate of drug-likeness (QED) is 0.864. The summed E-state index contributed by atoms with van der Waals surface area (Å²) in [7, 11) is 0. The van der Waals surface area contributed by atoms with Crippen LogP contribution in [0.4, 0.5) is 10.1 Å². The number of carbonyl (C=O) groups is 1. The lowest BCUT2D eigenvalue weighted by molar-refractivity contribution is 0.0953. The monoisotopic (exact) mass is 355 g/mol. The maximum absolute atomic E-state index is 13.0. The van der Waals surface area contributed by atoms with Crippen molar-refractivity contribution in [1.29, 1.82) is 0 Å². The Morgan fingerprint density at radius 2 is 1.65 bits per heavy atom. The van der Waals surface area contributed by atoms with Crippen LogP contribution in [0.1, 0.15) is 29.3 Å². The zero-order valence-electron chi connectivity index (χ0n) is 15.2. The Kier molecular flexibility index (Phi) is 6.23. The van der Waals surface area contributed by atoms with Crippen LogP contribution >= 0.6 is 0 Å². The zero-order chi connectivity index (χ0) is 18.4. The second-order valence-corrected chi connectivity index (χ2v) is 6.69. The molecule has 1 N–H and O–H groups in total. The summed E-state index contributed by atoms with van der Waals surface area (Å²) in [5.74, 6) is -0.203. The van der Waals surface area contributed by atoms with Gasteiger partial charge in [0.25, 0.3) is 5.91 Å². The first-order valence-electron chi connectivity index (χ1n) is 9.25. The van der Waals surface area contributed by atoms with E-state index in [4.69, 9.17) is 0 Å². The fraction of sp³-hybridized carbons (Fsp3) is 0.381. The van der Waals surface area contributed by atoms with Crippen LogP contribution in [-0.4, -0.2) is 43.5 Å². The van der Waals surface area contributed by atoms with Crippen LogP contribution in [0.15, 0.2) is 48.5 Å². The van der Waals surface area contributed by atoms with Gasteiger partial charge in [0, 0.05) is 50.5 Å². The zero-order valence-corrected chi connectivity index (χ0v) is 15.2. The van der Waals surface area contributed by atoms with Crippen molar-refractivity contribution in [3.8, 4) is 0 Å². The number of piperazine rings is 1. The Hall–Kier alpha value is -2.40. The Bertz CT molecular complexity index is 707. The van der Waals surface area contributed by atoms with E-state index in [0.29, 0.717) is 12.1 Å². The lowest BCUT2D eigenvalue weighted by atomic mass is 10.1. The van der Waals surface area contributed by atoms with Crippen LogP contribution in [0, 0.1) is 5.82 Å². The molecule has 4 nitrogen and oxygen atoms in total. The highest BCUT2D eigenvalue weighted by atomic mass is 19.1. The van der Waals surface area contributed by atoms with E-state index >= 15 is 0 Å². The first-order valence-corrected chi connectivity index (χ1v) is 9.25. The predicted molar refractivity (Wildman–Crippen MR) is 103 cm³/mol. The lowest BCUT2D eigenvalue weighted by Gasteiger charge is -2.36. The van der Waals surface area contributed by atoms with Crippen molar-refractivity contribution in [2.45, 2.75) is 19.9 Å². The minimum Gasteiger partial charge on any atom is -0.369 e. The molecule has 26 heavy (non-hydrogen) atoms. The summed E-state index contributed by atoms with van der Waals surface area (Å²) in [4.78, 5) is 16.6. The molecule has 0 radical (unpaired) electrons. The molecule has 1 aliphatic heterocycles. The molecule has 138 valence electrons. The fourth-order valence-corrected chi connectivity index (χ4v) is 3.18. The summed E-state index contributed by atoms with van der Waals surface area (Å²) < 4.78 is 13.0. The number of hydrogen-bond donors (Lipinski definition) is 1. The third-order valence-corrected chi connectivity index (χ3v) is 4.72. The summed E-state index contributed by atoms with van der Waals surface area (Å²) in [5, 5.41) is 2.90. The molecular formula is C21H26FN3O. The van der Waals surface area contributed by atoms with Gasteiger partial charge in [-0.3, -0.25) is 9.69 Å². The average molecular weight is 355 g/mol. The van der Waals surface area contributed by atoms with Crippen LogP contribution in [0.5, 0.6) is 0 Å². The molecule has 0 aliphatic carbocycles. The molecule has 3 rings (SSSR count). The molecule has 5 heteroatoms. The number of nitrogens with one attached hydrogen (secondary N) is 1. The van der Waals surface area contributed by atoms with E-state index in [-0.39, 0.29) is 11.7 Å². The third kappa shape index (κ3) is 4.82. The lowest BCUT2D eigenvalue weighted by Crippen LogP contribution is -2.45. The van der Waals surface area contributed by atoms with Gasteiger partial charge in [-0.1, -0.05) is 19.1 Å². The highest BCUT2D eigenvalue weighted by Crippen LogP contribution is 2.18. The van der Waals surface area contributed by atoms with Gasteiger partial charge in [-0.05, 0) is 48.4 Å². The Balaban J connectivity index is 1.50. The van der Waals surface area contributed by atoms with E-state index < -0.39 is 0 Å². The first-order chi connectivity index (χ1) is 12.7. The molecule has 0 saturated carbocycles. The molecule has 0 spiro atoms. The van der Waals surface area contributed by atoms with Gasteiger partial charge in [-0.15, -0.1) is 0 Å².